The number of nitrogens with zero attached hydrogens (tertiary/aromatic N) is 1. The summed E-state index contributed by atoms with van der Waals surface area (Å²) in [4.78, 5) is 2.84. The van der Waals surface area contributed by atoms with Crippen molar-refractivity contribution in [1.82, 2.24) is 4.90 Å². The Kier molecular flexibility index (Phi) is 2.97. The average molecular weight is 321 g/mol. The fourth-order valence-electron chi connectivity index (χ4n) is 3.73. The maximum Gasteiger partial charge on any atom is 0.457 e. The monoisotopic (exact) mass is 321 g/mol. The quantitative estimate of drug-likeness (QED) is 0.770. The normalized spacial score (nSPS) is 32.4. The summed E-state index contributed by atoms with van der Waals surface area (Å²) in [7, 11) is 2.11. The molecule has 0 radical (unpaired) electrons. The molecule has 2 atom stereocenters. The molecule has 22 heavy (non-hydrogen) atoms. The van der Waals surface area contributed by atoms with E-state index in [1.165, 1.54) is 5.57 Å². The number of hydrogen-bond donors (Lipinski definition) is 0. The first-order valence-electron chi connectivity index (χ1n) is 7.38. The van der Waals surface area contributed by atoms with Crippen LogP contribution in [-0.4, -0.2) is 30.0 Å². The zero-order chi connectivity index (χ0) is 15.5. The minimum Gasteiger partial charge on any atom is -0.423 e. The molecule has 1 aromatic rings. The first kappa shape index (κ1) is 14.3. The van der Waals surface area contributed by atoms with E-state index in [2.05, 4.69) is 37.1 Å². The second-order valence-electron chi connectivity index (χ2n) is 6.29. The fourth-order valence-corrected chi connectivity index (χ4v) is 4.46. The fraction of sp³-hybridized carbons (Fsp3) is 0.412. The van der Waals surface area contributed by atoms with E-state index in [4.69, 9.17) is 4.74 Å². The third kappa shape index (κ3) is 2.02. The molecule has 0 spiro atoms. The second kappa shape index (κ2) is 4.59. The van der Waals surface area contributed by atoms with Gasteiger partial charge in [0.05, 0.1) is 4.90 Å². The maximum atomic E-state index is 13.4. The van der Waals surface area contributed by atoms with Crippen molar-refractivity contribution in [2.45, 2.75) is 35.1 Å². The number of likely N-dealkylation sites (N-methyl/N-ethyl adjacent to an activating group) is 1. The van der Waals surface area contributed by atoms with Crippen molar-refractivity contribution in [2.75, 3.05) is 13.6 Å². The molecule has 2 nitrogen and oxygen atoms in total. The summed E-state index contributed by atoms with van der Waals surface area (Å²) in [5.41, 5.74) is -0.994. The molecule has 1 aromatic carbocycles. The largest absolute Gasteiger partial charge is 0.457 e. The van der Waals surface area contributed by atoms with Gasteiger partial charge in [-0.2, -0.15) is 8.78 Å². The summed E-state index contributed by atoms with van der Waals surface area (Å²) in [5, 5.41) is 0. The number of likely N-dealkylation sites (tertiary alicyclic amines) is 1. The van der Waals surface area contributed by atoms with Crippen LogP contribution in [-0.2, 0) is 5.41 Å². The summed E-state index contributed by atoms with van der Waals surface area (Å²) in [6, 6.07) is 5.81. The predicted octanol–water partition coefficient (Wildman–Crippen LogP) is 4.18. The summed E-state index contributed by atoms with van der Waals surface area (Å²) in [6.07, 6.45) is 7.62. The molecule has 2 aliphatic heterocycles. The molecular weight excluding hydrogens is 304 g/mol. The van der Waals surface area contributed by atoms with Crippen molar-refractivity contribution in [3.63, 3.8) is 0 Å². The van der Waals surface area contributed by atoms with E-state index in [-0.39, 0.29) is 11.5 Å². The zero-order valence-electron chi connectivity index (χ0n) is 12.5. The van der Waals surface area contributed by atoms with Crippen molar-refractivity contribution in [3.05, 3.63) is 47.6 Å². The topological polar surface area (TPSA) is 12.5 Å². The molecule has 0 bridgehead atoms. The Bertz CT molecular complexity index is 700. The van der Waals surface area contributed by atoms with E-state index in [0.29, 0.717) is 22.4 Å². The highest BCUT2D eigenvalue weighted by molar-refractivity contribution is 8.00. The Labute approximate surface area is 132 Å². The van der Waals surface area contributed by atoms with Crippen LogP contribution in [0.1, 0.15) is 18.9 Å². The van der Waals surface area contributed by atoms with Crippen LogP contribution >= 0.6 is 11.8 Å². The van der Waals surface area contributed by atoms with E-state index < -0.39 is 5.44 Å². The van der Waals surface area contributed by atoms with Gasteiger partial charge in [-0.05, 0) is 56.4 Å². The maximum absolute atomic E-state index is 13.4. The molecule has 0 aromatic heterocycles. The van der Waals surface area contributed by atoms with Crippen LogP contribution in [0, 0.1) is 0 Å². The van der Waals surface area contributed by atoms with Gasteiger partial charge in [0, 0.05) is 11.5 Å². The van der Waals surface area contributed by atoms with Crippen LogP contribution < -0.4 is 4.74 Å². The molecule has 0 amide bonds. The molecule has 0 unspecified atom stereocenters. The molecule has 2 heterocycles. The number of halogens is 2. The number of alkyl halides is 2. The molecular formula is C17H17F2NOS. The van der Waals surface area contributed by atoms with E-state index in [1.54, 1.807) is 12.1 Å². The molecule has 1 fully saturated rings. The highest BCUT2D eigenvalue weighted by Crippen LogP contribution is 2.52. The Morgan fingerprint density at radius 3 is 3.00 bits per heavy atom. The lowest BCUT2D eigenvalue weighted by molar-refractivity contribution is -0.0822. The zero-order valence-corrected chi connectivity index (χ0v) is 13.3. The lowest BCUT2D eigenvalue weighted by Gasteiger charge is -2.36. The molecule has 1 saturated heterocycles. The predicted molar refractivity (Wildman–Crippen MR) is 83.5 cm³/mol. The van der Waals surface area contributed by atoms with Gasteiger partial charge in [0.1, 0.15) is 5.75 Å². The van der Waals surface area contributed by atoms with Crippen molar-refractivity contribution < 1.29 is 13.5 Å². The van der Waals surface area contributed by atoms with Crippen molar-refractivity contribution in [3.8, 4) is 5.75 Å². The van der Waals surface area contributed by atoms with Gasteiger partial charge in [0.15, 0.2) is 0 Å². The van der Waals surface area contributed by atoms with Gasteiger partial charge < -0.3 is 4.74 Å². The van der Waals surface area contributed by atoms with Gasteiger partial charge in [0.2, 0.25) is 0 Å². The Morgan fingerprint density at radius 1 is 1.36 bits per heavy atom. The molecule has 0 N–H and O–H groups in total. The van der Waals surface area contributed by atoms with E-state index in [0.717, 1.165) is 18.5 Å². The standard InChI is InChI=1S/C17H17F2NOS/c1-11-5-6-16(7-8-20(2)15(16)9-11)12-3-4-14-13(10-12)21-17(18,19)22-14/h3-6,9-10,15H,7-8H2,1-2H3/t15-,16-/m0/s1. The minimum atomic E-state index is -3.15. The van der Waals surface area contributed by atoms with Crippen LogP contribution in [0.4, 0.5) is 8.78 Å². The van der Waals surface area contributed by atoms with Crippen LogP contribution in [0.25, 0.3) is 0 Å². The molecule has 3 aliphatic rings. The first-order valence-corrected chi connectivity index (χ1v) is 8.20. The molecule has 0 saturated carbocycles. The van der Waals surface area contributed by atoms with Gasteiger partial charge in [-0.25, -0.2) is 0 Å². The van der Waals surface area contributed by atoms with Gasteiger partial charge in [-0.1, -0.05) is 29.9 Å². The summed E-state index contributed by atoms with van der Waals surface area (Å²) < 4.78 is 31.6. The minimum absolute atomic E-state index is 0.144. The number of fused-ring (bicyclic) bond motifs is 2. The van der Waals surface area contributed by atoms with Crippen LogP contribution in [0.15, 0.2) is 46.9 Å². The van der Waals surface area contributed by atoms with Gasteiger partial charge in [-0.3, -0.25) is 4.90 Å². The summed E-state index contributed by atoms with van der Waals surface area (Å²) in [5.74, 6) is 0.301. The lowest BCUT2D eigenvalue weighted by atomic mass is 9.71. The average Bonchev–Trinajstić information content (AvgIpc) is 2.95. The van der Waals surface area contributed by atoms with E-state index in [1.807, 2.05) is 6.07 Å². The number of hydrogen-bond acceptors (Lipinski definition) is 3. The third-order valence-corrected chi connectivity index (χ3v) is 5.76. The SMILES string of the molecule is CC1=C[C@@H]2N(C)CC[C@]2(c2ccc3c(c2)OC(F)(F)S3)C=C1. The van der Waals surface area contributed by atoms with Crippen molar-refractivity contribution in [2.24, 2.45) is 0 Å². The molecule has 116 valence electrons. The van der Waals surface area contributed by atoms with Gasteiger partial charge in [-0.15, -0.1) is 0 Å². The highest BCUT2D eigenvalue weighted by atomic mass is 32.2. The smallest absolute Gasteiger partial charge is 0.423 e. The number of rotatable bonds is 1. The Balaban J connectivity index is 1.78. The molecule has 4 rings (SSSR count). The number of ether oxygens (including phenoxy) is 1. The highest BCUT2D eigenvalue weighted by Gasteiger charge is 2.47. The number of allylic oxidation sites excluding steroid dienone is 2. The van der Waals surface area contributed by atoms with Crippen molar-refractivity contribution >= 4 is 11.8 Å². The Hall–Kier alpha value is -1.33. The summed E-state index contributed by atoms with van der Waals surface area (Å²) in [6.45, 7) is 3.08. The molecule has 5 heteroatoms. The van der Waals surface area contributed by atoms with Crippen LogP contribution in [0.5, 0.6) is 5.75 Å². The number of thioether (sulfide) groups is 1. The summed E-state index contributed by atoms with van der Waals surface area (Å²) >= 11 is 0.477. The van der Waals surface area contributed by atoms with E-state index >= 15 is 0 Å². The molecule has 1 aliphatic carbocycles. The van der Waals surface area contributed by atoms with E-state index in [9.17, 15) is 8.78 Å². The third-order valence-electron chi connectivity index (χ3n) is 4.88. The van der Waals surface area contributed by atoms with Crippen molar-refractivity contribution in [1.29, 1.82) is 0 Å². The number of benzene rings is 1. The first-order chi connectivity index (χ1) is 10.4. The van der Waals surface area contributed by atoms with Crippen LogP contribution in [0.2, 0.25) is 0 Å². The lowest BCUT2D eigenvalue weighted by Crippen LogP contribution is -2.39. The Morgan fingerprint density at radius 2 is 2.18 bits per heavy atom. The van der Waals surface area contributed by atoms with Crippen LogP contribution in [0.3, 0.4) is 0 Å². The van der Waals surface area contributed by atoms with Gasteiger partial charge in [0.25, 0.3) is 0 Å². The van der Waals surface area contributed by atoms with Gasteiger partial charge >= 0.3 is 5.44 Å². The second-order valence-corrected chi connectivity index (χ2v) is 7.41.